The molecule has 1 aromatic rings. The van der Waals surface area contributed by atoms with Crippen LogP contribution in [0.25, 0.3) is 0 Å². The third kappa shape index (κ3) is 2.70. The molecule has 0 radical (unpaired) electrons. The van der Waals surface area contributed by atoms with Crippen LogP contribution >= 0.6 is 11.6 Å². The van der Waals surface area contributed by atoms with Crippen LogP contribution < -0.4 is 5.73 Å². The molecule has 0 aromatic carbocycles. The number of carboxylic acids is 1. The second-order valence-corrected chi connectivity index (χ2v) is 4.03. The Morgan fingerprint density at radius 2 is 2.33 bits per heavy atom. The molecule has 1 rings (SSSR count). The van der Waals surface area contributed by atoms with Gasteiger partial charge in [-0.05, 0) is 13.8 Å². The van der Waals surface area contributed by atoms with E-state index in [1.165, 1.54) is 6.20 Å². The monoisotopic (exact) mass is 231 g/mol. The Balaban J connectivity index is 2.92. The lowest BCUT2D eigenvalue weighted by molar-refractivity contribution is -0.138. The van der Waals surface area contributed by atoms with E-state index in [2.05, 4.69) is 5.10 Å². The molecule has 1 unspecified atom stereocenters. The Morgan fingerprint density at radius 3 is 2.80 bits per heavy atom. The van der Waals surface area contributed by atoms with Crippen molar-refractivity contribution in [2.24, 2.45) is 5.73 Å². The first-order valence-corrected chi connectivity index (χ1v) is 5.01. The molecule has 6 heteroatoms. The number of aliphatic carboxylic acids is 1. The zero-order chi connectivity index (χ0) is 11.6. The third-order valence-corrected chi connectivity index (χ3v) is 2.38. The highest BCUT2D eigenvalue weighted by atomic mass is 35.5. The van der Waals surface area contributed by atoms with Crippen molar-refractivity contribution in [1.29, 1.82) is 0 Å². The molecule has 1 heterocycles. The predicted molar refractivity (Wildman–Crippen MR) is 56.9 cm³/mol. The van der Waals surface area contributed by atoms with Crippen LogP contribution in [0.2, 0.25) is 5.02 Å². The Hall–Kier alpha value is -1.07. The lowest BCUT2D eigenvalue weighted by Crippen LogP contribution is -2.33. The number of aromatic nitrogens is 2. The molecular weight excluding hydrogens is 218 g/mol. The van der Waals surface area contributed by atoms with E-state index in [1.807, 2.05) is 13.8 Å². The molecule has 1 atom stereocenters. The molecule has 3 N–H and O–H groups in total. The van der Waals surface area contributed by atoms with E-state index in [9.17, 15) is 4.79 Å². The zero-order valence-corrected chi connectivity index (χ0v) is 9.40. The summed E-state index contributed by atoms with van der Waals surface area (Å²) in [7, 11) is 0. The highest BCUT2D eigenvalue weighted by molar-refractivity contribution is 6.31. The highest BCUT2D eigenvalue weighted by Gasteiger charge is 2.19. The van der Waals surface area contributed by atoms with Gasteiger partial charge in [0.25, 0.3) is 0 Å². The molecule has 0 aliphatic heterocycles. The summed E-state index contributed by atoms with van der Waals surface area (Å²) in [4.78, 5) is 10.6. The number of nitrogens with two attached hydrogens (primary N) is 1. The fourth-order valence-electron chi connectivity index (χ4n) is 1.30. The van der Waals surface area contributed by atoms with Gasteiger partial charge in [0.15, 0.2) is 0 Å². The summed E-state index contributed by atoms with van der Waals surface area (Å²) in [6.07, 6.45) is 1.69. The summed E-state index contributed by atoms with van der Waals surface area (Å²) in [5.41, 5.74) is 6.11. The quantitative estimate of drug-likeness (QED) is 0.812. The number of carbonyl (C=O) groups is 1. The standard InChI is InChI=1S/C9H14ClN3O2/c1-5(2)13-8(6(10)4-12-13)3-7(11)9(14)15/h4-5,7H,3,11H2,1-2H3,(H,14,15). The van der Waals surface area contributed by atoms with Crippen molar-refractivity contribution in [2.75, 3.05) is 0 Å². The Morgan fingerprint density at radius 1 is 1.73 bits per heavy atom. The number of rotatable bonds is 4. The predicted octanol–water partition coefficient (Wildman–Crippen LogP) is 1.07. The van der Waals surface area contributed by atoms with E-state index >= 15 is 0 Å². The van der Waals surface area contributed by atoms with Crippen LogP contribution in [0.5, 0.6) is 0 Å². The van der Waals surface area contributed by atoms with Gasteiger partial charge in [-0.2, -0.15) is 5.10 Å². The first-order chi connectivity index (χ1) is 6.93. The molecule has 0 bridgehead atoms. The first-order valence-electron chi connectivity index (χ1n) is 4.63. The van der Waals surface area contributed by atoms with Crippen LogP contribution in [-0.4, -0.2) is 26.9 Å². The Bertz CT molecular complexity index is 362. The first kappa shape index (κ1) is 12.0. The van der Waals surface area contributed by atoms with Gasteiger partial charge in [-0.25, -0.2) is 0 Å². The molecule has 0 aliphatic carbocycles. The van der Waals surface area contributed by atoms with Gasteiger partial charge >= 0.3 is 5.97 Å². The summed E-state index contributed by atoms with van der Waals surface area (Å²) < 4.78 is 1.69. The molecule has 5 nitrogen and oxygen atoms in total. The lowest BCUT2D eigenvalue weighted by atomic mass is 10.1. The number of hydrogen-bond donors (Lipinski definition) is 2. The SMILES string of the molecule is CC(C)n1ncc(Cl)c1CC(N)C(=O)O. The van der Waals surface area contributed by atoms with Crippen LogP contribution in [0.4, 0.5) is 0 Å². The van der Waals surface area contributed by atoms with E-state index in [1.54, 1.807) is 4.68 Å². The van der Waals surface area contributed by atoms with Crippen molar-refractivity contribution >= 4 is 17.6 Å². The second-order valence-electron chi connectivity index (χ2n) is 3.63. The van der Waals surface area contributed by atoms with Crippen LogP contribution in [0.15, 0.2) is 6.20 Å². The fourth-order valence-corrected chi connectivity index (χ4v) is 1.51. The molecule has 84 valence electrons. The maximum Gasteiger partial charge on any atom is 0.320 e. The van der Waals surface area contributed by atoms with Crippen LogP contribution in [-0.2, 0) is 11.2 Å². The summed E-state index contributed by atoms with van der Waals surface area (Å²) in [5, 5.41) is 13.2. The third-order valence-electron chi connectivity index (χ3n) is 2.07. The molecule has 0 aliphatic rings. The maximum atomic E-state index is 10.6. The summed E-state index contributed by atoms with van der Waals surface area (Å²) in [6, 6.07) is -0.815. The van der Waals surface area contributed by atoms with Gasteiger partial charge in [0.2, 0.25) is 0 Å². The second kappa shape index (κ2) is 4.63. The summed E-state index contributed by atoms with van der Waals surface area (Å²) in [6.45, 7) is 3.89. The molecule has 0 saturated heterocycles. The van der Waals surface area contributed by atoms with Crippen LogP contribution in [0.3, 0.4) is 0 Å². The van der Waals surface area contributed by atoms with Gasteiger partial charge in [-0.1, -0.05) is 11.6 Å². The molecular formula is C9H14ClN3O2. The number of carboxylic acid groups (broad SMARTS) is 1. The smallest absolute Gasteiger partial charge is 0.320 e. The molecule has 0 fully saturated rings. The van der Waals surface area contributed by atoms with E-state index in [0.29, 0.717) is 10.7 Å². The van der Waals surface area contributed by atoms with E-state index < -0.39 is 12.0 Å². The van der Waals surface area contributed by atoms with Gasteiger partial charge in [0.1, 0.15) is 6.04 Å². The summed E-state index contributed by atoms with van der Waals surface area (Å²) in [5.74, 6) is -1.04. The molecule has 0 spiro atoms. The number of nitrogens with zero attached hydrogens (tertiary/aromatic N) is 2. The van der Waals surface area contributed by atoms with Crippen molar-refractivity contribution in [1.82, 2.24) is 9.78 Å². The van der Waals surface area contributed by atoms with Crippen LogP contribution in [0.1, 0.15) is 25.6 Å². The van der Waals surface area contributed by atoms with Crippen molar-refractivity contribution in [3.8, 4) is 0 Å². The van der Waals surface area contributed by atoms with Gasteiger partial charge in [-0.3, -0.25) is 9.48 Å². The number of hydrogen-bond acceptors (Lipinski definition) is 3. The molecule has 15 heavy (non-hydrogen) atoms. The van der Waals surface area contributed by atoms with E-state index in [-0.39, 0.29) is 12.5 Å². The summed E-state index contributed by atoms with van der Waals surface area (Å²) >= 11 is 5.91. The van der Waals surface area contributed by atoms with Gasteiger partial charge < -0.3 is 10.8 Å². The minimum Gasteiger partial charge on any atom is -0.480 e. The van der Waals surface area contributed by atoms with E-state index in [0.717, 1.165) is 0 Å². The van der Waals surface area contributed by atoms with Crippen molar-refractivity contribution < 1.29 is 9.90 Å². The minimum atomic E-state index is -1.04. The largest absolute Gasteiger partial charge is 0.480 e. The average molecular weight is 232 g/mol. The van der Waals surface area contributed by atoms with Gasteiger partial charge in [0, 0.05) is 12.5 Å². The van der Waals surface area contributed by atoms with Gasteiger partial charge in [-0.15, -0.1) is 0 Å². The Kier molecular flexibility index (Phi) is 3.71. The highest BCUT2D eigenvalue weighted by Crippen LogP contribution is 2.19. The minimum absolute atomic E-state index is 0.133. The van der Waals surface area contributed by atoms with Crippen molar-refractivity contribution in [3.63, 3.8) is 0 Å². The Labute approximate surface area is 92.8 Å². The zero-order valence-electron chi connectivity index (χ0n) is 8.64. The van der Waals surface area contributed by atoms with E-state index in [4.69, 9.17) is 22.4 Å². The average Bonchev–Trinajstić information content (AvgIpc) is 2.48. The van der Waals surface area contributed by atoms with Crippen molar-refractivity contribution in [2.45, 2.75) is 32.4 Å². The normalized spacial score (nSPS) is 13.1. The molecule has 1 aromatic heterocycles. The molecule has 0 saturated carbocycles. The fraction of sp³-hybridized carbons (Fsp3) is 0.556. The number of halogens is 1. The maximum absolute atomic E-state index is 10.6. The molecule has 0 amide bonds. The van der Waals surface area contributed by atoms with Crippen molar-refractivity contribution in [3.05, 3.63) is 16.9 Å². The topological polar surface area (TPSA) is 81.1 Å². The van der Waals surface area contributed by atoms with Crippen LogP contribution in [0, 0.1) is 0 Å². The van der Waals surface area contributed by atoms with Gasteiger partial charge in [0.05, 0.1) is 16.9 Å². The lowest BCUT2D eigenvalue weighted by Gasteiger charge is -2.13.